The van der Waals surface area contributed by atoms with Gasteiger partial charge >= 0.3 is 0 Å². The van der Waals surface area contributed by atoms with E-state index in [-0.39, 0.29) is 0 Å². The third-order valence-corrected chi connectivity index (χ3v) is 1.93. The molecule has 0 aliphatic heterocycles. The molecule has 1 aromatic rings. The molecule has 0 aliphatic rings. The Labute approximate surface area is 79.9 Å². The third kappa shape index (κ3) is 2.74. The molecule has 0 bridgehead atoms. The van der Waals surface area contributed by atoms with E-state index in [1.807, 2.05) is 14.0 Å². The minimum Gasteiger partial charge on any atom is -0.494 e. The summed E-state index contributed by atoms with van der Waals surface area (Å²) in [6.45, 7) is 5.68. The fraction of sp³-hybridized carbons (Fsp3) is 0.455. The molecule has 0 aliphatic carbocycles. The maximum atomic E-state index is 5.50. The van der Waals surface area contributed by atoms with Crippen molar-refractivity contribution >= 4 is 0 Å². The SMILES string of the molecule is CCOc1cc(CNC)ccc1C. The Morgan fingerprint density at radius 1 is 1.38 bits per heavy atom. The Hall–Kier alpha value is -1.02. The molecule has 0 saturated carbocycles. The maximum absolute atomic E-state index is 5.50. The van der Waals surface area contributed by atoms with Gasteiger partial charge in [0.25, 0.3) is 0 Å². The minimum atomic E-state index is 0.726. The molecule has 1 N–H and O–H groups in total. The van der Waals surface area contributed by atoms with Crippen LogP contribution in [0.15, 0.2) is 18.2 Å². The van der Waals surface area contributed by atoms with Gasteiger partial charge in [0, 0.05) is 6.54 Å². The average Bonchev–Trinajstić information content (AvgIpc) is 2.12. The normalized spacial score (nSPS) is 10.1. The van der Waals surface area contributed by atoms with Gasteiger partial charge in [-0.25, -0.2) is 0 Å². The molecule has 0 heterocycles. The van der Waals surface area contributed by atoms with E-state index in [1.54, 1.807) is 0 Å². The monoisotopic (exact) mass is 179 g/mol. The summed E-state index contributed by atoms with van der Waals surface area (Å²) in [5, 5.41) is 3.12. The van der Waals surface area contributed by atoms with Gasteiger partial charge in [-0.05, 0) is 38.1 Å². The molecule has 0 aromatic heterocycles. The average molecular weight is 179 g/mol. The van der Waals surface area contributed by atoms with Crippen LogP contribution in [-0.4, -0.2) is 13.7 Å². The summed E-state index contributed by atoms with van der Waals surface area (Å²) in [7, 11) is 1.94. The van der Waals surface area contributed by atoms with Gasteiger partial charge in [0.15, 0.2) is 0 Å². The van der Waals surface area contributed by atoms with Gasteiger partial charge in [-0.1, -0.05) is 12.1 Å². The van der Waals surface area contributed by atoms with Crippen molar-refractivity contribution < 1.29 is 4.74 Å². The lowest BCUT2D eigenvalue weighted by Crippen LogP contribution is -2.05. The van der Waals surface area contributed by atoms with Crippen LogP contribution in [-0.2, 0) is 6.54 Å². The highest BCUT2D eigenvalue weighted by Crippen LogP contribution is 2.19. The first-order valence-corrected chi connectivity index (χ1v) is 4.65. The predicted molar refractivity (Wildman–Crippen MR) is 55.1 cm³/mol. The largest absolute Gasteiger partial charge is 0.494 e. The van der Waals surface area contributed by atoms with Crippen molar-refractivity contribution in [2.75, 3.05) is 13.7 Å². The first-order valence-electron chi connectivity index (χ1n) is 4.65. The number of nitrogens with one attached hydrogen (secondary N) is 1. The Kier molecular flexibility index (Phi) is 3.77. The minimum absolute atomic E-state index is 0.726. The van der Waals surface area contributed by atoms with E-state index < -0.39 is 0 Å². The summed E-state index contributed by atoms with van der Waals surface area (Å²) in [5.41, 5.74) is 2.46. The molecule has 0 spiro atoms. The molecule has 2 nitrogen and oxygen atoms in total. The number of hydrogen-bond acceptors (Lipinski definition) is 2. The highest BCUT2D eigenvalue weighted by atomic mass is 16.5. The smallest absolute Gasteiger partial charge is 0.122 e. The molecule has 0 atom stereocenters. The van der Waals surface area contributed by atoms with Crippen molar-refractivity contribution in [3.63, 3.8) is 0 Å². The fourth-order valence-corrected chi connectivity index (χ4v) is 1.27. The van der Waals surface area contributed by atoms with Gasteiger partial charge < -0.3 is 10.1 Å². The summed E-state index contributed by atoms with van der Waals surface area (Å²) >= 11 is 0. The van der Waals surface area contributed by atoms with Crippen molar-refractivity contribution in [3.8, 4) is 5.75 Å². The topological polar surface area (TPSA) is 21.3 Å². The quantitative estimate of drug-likeness (QED) is 0.764. The van der Waals surface area contributed by atoms with E-state index >= 15 is 0 Å². The van der Waals surface area contributed by atoms with Crippen LogP contribution in [0.5, 0.6) is 5.75 Å². The molecule has 0 unspecified atom stereocenters. The van der Waals surface area contributed by atoms with E-state index in [0.29, 0.717) is 0 Å². The lowest BCUT2D eigenvalue weighted by molar-refractivity contribution is 0.337. The second-order valence-electron chi connectivity index (χ2n) is 3.06. The van der Waals surface area contributed by atoms with Crippen LogP contribution in [0.4, 0.5) is 0 Å². The van der Waals surface area contributed by atoms with Crippen molar-refractivity contribution in [2.45, 2.75) is 20.4 Å². The van der Waals surface area contributed by atoms with E-state index in [9.17, 15) is 0 Å². The zero-order chi connectivity index (χ0) is 9.68. The molecule has 2 heteroatoms. The van der Waals surface area contributed by atoms with Gasteiger partial charge in [0.05, 0.1) is 6.61 Å². The van der Waals surface area contributed by atoms with E-state index in [2.05, 4.69) is 30.4 Å². The molecule has 72 valence electrons. The lowest BCUT2D eigenvalue weighted by Gasteiger charge is -2.08. The summed E-state index contributed by atoms with van der Waals surface area (Å²) in [6.07, 6.45) is 0. The highest BCUT2D eigenvalue weighted by molar-refractivity contribution is 5.36. The predicted octanol–water partition coefficient (Wildman–Crippen LogP) is 2.11. The molecule has 0 radical (unpaired) electrons. The zero-order valence-electron chi connectivity index (χ0n) is 8.55. The first kappa shape index (κ1) is 10.1. The standard InChI is InChI=1S/C11H17NO/c1-4-13-11-7-10(8-12-3)6-5-9(11)2/h5-7,12H,4,8H2,1-3H3. The van der Waals surface area contributed by atoms with Gasteiger partial charge in [-0.3, -0.25) is 0 Å². The van der Waals surface area contributed by atoms with Crippen molar-refractivity contribution in [3.05, 3.63) is 29.3 Å². The number of ether oxygens (including phenoxy) is 1. The molecule has 1 rings (SSSR count). The molecular formula is C11H17NO. The number of aryl methyl sites for hydroxylation is 1. The molecule has 0 saturated heterocycles. The Balaban J connectivity index is 2.83. The Morgan fingerprint density at radius 3 is 2.77 bits per heavy atom. The summed E-state index contributed by atoms with van der Waals surface area (Å²) < 4.78 is 5.50. The van der Waals surface area contributed by atoms with Crippen molar-refractivity contribution in [1.82, 2.24) is 5.32 Å². The number of hydrogen-bond donors (Lipinski definition) is 1. The number of rotatable bonds is 4. The molecular weight excluding hydrogens is 162 g/mol. The molecule has 1 aromatic carbocycles. The van der Waals surface area contributed by atoms with Gasteiger partial charge in [-0.2, -0.15) is 0 Å². The highest BCUT2D eigenvalue weighted by Gasteiger charge is 1.99. The van der Waals surface area contributed by atoms with E-state index in [1.165, 1.54) is 11.1 Å². The molecule has 0 fully saturated rings. The van der Waals surface area contributed by atoms with Crippen LogP contribution in [0.25, 0.3) is 0 Å². The van der Waals surface area contributed by atoms with Crippen LogP contribution in [0.2, 0.25) is 0 Å². The van der Waals surface area contributed by atoms with Crippen LogP contribution >= 0.6 is 0 Å². The summed E-state index contributed by atoms with van der Waals surface area (Å²) in [6, 6.07) is 6.31. The number of benzene rings is 1. The second-order valence-corrected chi connectivity index (χ2v) is 3.06. The summed E-state index contributed by atoms with van der Waals surface area (Å²) in [5.74, 6) is 0.996. The van der Waals surface area contributed by atoms with Crippen molar-refractivity contribution in [1.29, 1.82) is 0 Å². The summed E-state index contributed by atoms with van der Waals surface area (Å²) in [4.78, 5) is 0. The lowest BCUT2D eigenvalue weighted by atomic mass is 10.1. The van der Waals surface area contributed by atoms with Crippen LogP contribution < -0.4 is 10.1 Å². The Bertz CT molecular complexity index is 271. The Morgan fingerprint density at radius 2 is 2.15 bits per heavy atom. The van der Waals surface area contributed by atoms with Gasteiger partial charge in [0.2, 0.25) is 0 Å². The molecule has 13 heavy (non-hydrogen) atoms. The van der Waals surface area contributed by atoms with E-state index in [4.69, 9.17) is 4.74 Å². The van der Waals surface area contributed by atoms with E-state index in [0.717, 1.165) is 18.9 Å². The van der Waals surface area contributed by atoms with Crippen molar-refractivity contribution in [2.24, 2.45) is 0 Å². The van der Waals surface area contributed by atoms with Crippen LogP contribution in [0.1, 0.15) is 18.1 Å². The van der Waals surface area contributed by atoms with Crippen LogP contribution in [0.3, 0.4) is 0 Å². The first-order chi connectivity index (χ1) is 6.27. The van der Waals surface area contributed by atoms with Gasteiger partial charge in [-0.15, -0.1) is 0 Å². The fourth-order valence-electron chi connectivity index (χ4n) is 1.27. The zero-order valence-corrected chi connectivity index (χ0v) is 8.55. The van der Waals surface area contributed by atoms with Gasteiger partial charge in [0.1, 0.15) is 5.75 Å². The second kappa shape index (κ2) is 4.87. The van der Waals surface area contributed by atoms with Crippen LogP contribution in [0, 0.1) is 6.92 Å². The molecule has 0 amide bonds. The third-order valence-electron chi connectivity index (χ3n) is 1.93. The maximum Gasteiger partial charge on any atom is 0.122 e.